The number of hydrogen-bond donors (Lipinski definition) is 2. The smallest absolute Gasteiger partial charge is 0.255 e. The molecule has 1 saturated carbocycles. The minimum atomic E-state index is -2.58. The zero-order chi connectivity index (χ0) is 14.5. The van der Waals surface area contributed by atoms with E-state index >= 15 is 0 Å². The molecule has 0 radical (unpaired) electrons. The highest BCUT2D eigenvalue weighted by atomic mass is 19.3. The van der Waals surface area contributed by atoms with Crippen LogP contribution in [0.2, 0.25) is 0 Å². The third-order valence-corrected chi connectivity index (χ3v) is 3.27. The van der Waals surface area contributed by atoms with Gasteiger partial charge in [-0.2, -0.15) is 0 Å². The number of hydrogen-bond acceptors (Lipinski definition) is 3. The number of halogens is 3. The minimum absolute atomic E-state index is 0.0122. The SMILES string of the molecule is OCCN(CC(F)F)c1c(F)cccc1CNC1CC1. The van der Waals surface area contributed by atoms with E-state index in [4.69, 9.17) is 5.11 Å². The van der Waals surface area contributed by atoms with Crippen LogP contribution < -0.4 is 10.2 Å². The molecule has 1 aliphatic carbocycles. The van der Waals surface area contributed by atoms with Gasteiger partial charge in [0.05, 0.1) is 18.8 Å². The highest BCUT2D eigenvalue weighted by Gasteiger charge is 2.23. The first-order valence-corrected chi connectivity index (χ1v) is 6.76. The van der Waals surface area contributed by atoms with Crippen molar-refractivity contribution in [2.45, 2.75) is 31.9 Å². The minimum Gasteiger partial charge on any atom is -0.395 e. The summed E-state index contributed by atoms with van der Waals surface area (Å²) in [5, 5.41) is 12.2. The summed E-state index contributed by atoms with van der Waals surface area (Å²) in [7, 11) is 0. The molecule has 0 heterocycles. The molecule has 0 saturated heterocycles. The third-order valence-electron chi connectivity index (χ3n) is 3.27. The van der Waals surface area contributed by atoms with Gasteiger partial charge in [0.25, 0.3) is 6.43 Å². The Hall–Kier alpha value is -1.27. The van der Waals surface area contributed by atoms with Crippen molar-refractivity contribution in [2.75, 3.05) is 24.6 Å². The van der Waals surface area contributed by atoms with Gasteiger partial charge in [0.15, 0.2) is 0 Å². The number of benzene rings is 1. The van der Waals surface area contributed by atoms with E-state index in [1.54, 1.807) is 12.1 Å². The molecule has 2 rings (SSSR count). The van der Waals surface area contributed by atoms with Crippen molar-refractivity contribution in [1.82, 2.24) is 5.32 Å². The lowest BCUT2D eigenvalue weighted by Crippen LogP contribution is -2.33. The Kier molecular flexibility index (Phi) is 5.25. The number of nitrogens with zero attached hydrogens (tertiary/aromatic N) is 1. The molecule has 0 amide bonds. The number of anilines is 1. The molecule has 20 heavy (non-hydrogen) atoms. The fourth-order valence-corrected chi connectivity index (χ4v) is 2.18. The maximum absolute atomic E-state index is 14.0. The van der Waals surface area contributed by atoms with E-state index in [0.717, 1.165) is 12.8 Å². The van der Waals surface area contributed by atoms with Crippen molar-refractivity contribution in [3.8, 4) is 0 Å². The van der Waals surface area contributed by atoms with Crippen molar-refractivity contribution in [3.05, 3.63) is 29.6 Å². The molecule has 3 nitrogen and oxygen atoms in total. The average Bonchev–Trinajstić information content (AvgIpc) is 3.19. The van der Waals surface area contributed by atoms with E-state index < -0.39 is 18.8 Å². The second kappa shape index (κ2) is 6.95. The van der Waals surface area contributed by atoms with E-state index in [0.29, 0.717) is 18.2 Å². The standard InChI is InChI=1S/C14H19F3N2O/c15-12-3-1-2-10(8-18-11-4-5-11)14(12)19(6-7-20)9-13(16)17/h1-3,11,13,18,20H,4-9H2. The third kappa shape index (κ3) is 4.11. The second-order valence-corrected chi connectivity index (χ2v) is 4.96. The quantitative estimate of drug-likeness (QED) is 0.769. The topological polar surface area (TPSA) is 35.5 Å². The first-order valence-electron chi connectivity index (χ1n) is 6.76. The highest BCUT2D eigenvalue weighted by Crippen LogP contribution is 2.27. The number of aliphatic hydroxyl groups excluding tert-OH is 1. The van der Waals surface area contributed by atoms with Crippen LogP contribution >= 0.6 is 0 Å². The van der Waals surface area contributed by atoms with Gasteiger partial charge in [0.2, 0.25) is 0 Å². The Balaban J connectivity index is 2.19. The zero-order valence-corrected chi connectivity index (χ0v) is 11.2. The zero-order valence-electron chi connectivity index (χ0n) is 11.2. The van der Waals surface area contributed by atoms with Crippen LogP contribution in [0.15, 0.2) is 18.2 Å². The number of aliphatic hydroxyl groups is 1. The largest absolute Gasteiger partial charge is 0.395 e. The normalized spacial score (nSPS) is 14.8. The van der Waals surface area contributed by atoms with E-state index in [9.17, 15) is 13.2 Å². The van der Waals surface area contributed by atoms with Crippen LogP contribution in [-0.2, 0) is 6.54 Å². The molecule has 0 aromatic heterocycles. The van der Waals surface area contributed by atoms with Crippen molar-refractivity contribution in [2.24, 2.45) is 0 Å². The number of nitrogens with one attached hydrogen (secondary N) is 1. The summed E-state index contributed by atoms with van der Waals surface area (Å²) in [5.41, 5.74) is 0.806. The monoisotopic (exact) mass is 288 g/mol. The molecule has 2 N–H and O–H groups in total. The van der Waals surface area contributed by atoms with Gasteiger partial charge < -0.3 is 15.3 Å². The number of rotatable bonds is 8. The molecule has 0 spiro atoms. The Bertz CT molecular complexity index is 438. The molecule has 1 aliphatic rings. The molecule has 0 aliphatic heterocycles. The molecule has 0 atom stereocenters. The second-order valence-electron chi connectivity index (χ2n) is 4.96. The molecular formula is C14H19F3N2O. The van der Waals surface area contributed by atoms with E-state index in [2.05, 4.69) is 5.32 Å². The molecule has 1 fully saturated rings. The Morgan fingerprint density at radius 1 is 1.35 bits per heavy atom. The van der Waals surface area contributed by atoms with Gasteiger partial charge in [-0.05, 0) is 24.5 Å². The van der Waals surface area contributed by atoms with E-state index in [-0.39, 0.29) is 18.8 Å². The lowest BCUT2D eigenvalue weighted by molar-refractivity contribution is 0.152. The summed E-state index contributed by atoms with van der Waals surface area (Å²) >= 11 is 0. The van der Waals surface area contributed by atoms with Crippen LogP contribution in [0.3, 0.4) is 0 Å². The van der Waals surface area contributed by atoms with Gasteiger partial charge in [-0.3, -0.25) is 0 Å². The van der Waals surface area contributed by atoms with E-state index in [1.165, 1.54) is 11.0 Å². The van der Waals surface area contributed by atoms with Crippen LogP contribution in [-0.4, -0.2) is 37.3 Å². The van der Waals surface area contributed by atoms with Gasteiger partial charge in [0.1, 0.15) is 5.82 Å². The van der Waals surface area contributed by atoms with Crippen LogP contribution in [0.5, 0.6) is 0 Å². The lowest BCUT2D eigenvalue weighted by Gasteiger charge is -2.26. The molecule has 112 valence electrons. The Morgan fingerprint density at radius 2 is 2.10 bits per heavy atom. The van der Waals surface area contributed by atoms with Gasteiger partial charge in [0, 0.05) is 19.1 Å². The number of para-hydroxylation sites is 1. The van der Waals surface area contributed by atoms with Crippen molar-refractivity contribution in [1.29, 1.82) is 0 Å². The van der Waals surface area contributed by atoms with E-state index in [1.807, 2.05) is 0 Å². The van der Waals surface area contributed by atoms with Gasteiger partial charge >= 0.3 is 0 Å². The van der Waals surface area contributed by atoms with Gasteiger partial charge in [-0.15, -0.1) is 0 Å². The summed E-state index contributed by atoms with van der Waals surface area (Å²) in [5.74, 6) is -0.533. The van der Waals surface area contributed by atoms with Crippen molar-refractivity contribution < 1.29 is 18.3 Å². The maximum atomic E-state index is 14.0. The predicted octanol–water partition coefficient (Wildman–Crippen LogP) is 2.14. The van der Waals surface area contributed by atoms with Gasteiger partial charge in [-0.1, -0.05) is 12.1 Å². The molecule has 1 aromatic carbocycles. The average molecular weight is 288 g/mol. The summed E-state index contributed by atoms with van der Waals surface area (Å²) in [4.78, 5) is 1.21. The van der Waals surface area contributed by atoms with Crippen molar-refractivity contribution in [3.63, 3.8) is 0 Å². The Morgan fingerprint density at radius 3 is 2.70 bits per heavy atom. The molecular weight excluding hydrogens is 269 g/mol. The van der Waals surface area contributed by atoms with Crippen molar-refractivity contribution >= 4 is 5.69 Å². The predicted molar refractivity (Wildman–Crippen MR) is 71.6 cm³/mol. The van der Waals surface area contributed by atoms with Crippen LogP contribution in [0.25, 0.3) is 0 Å². The van der Waals surface area contributed by atoms with Crippen LogP contribution in [0.4, 0.5) is 18.9 Å². The summed E-state index contributed by atoms with van der Waals surface area (Å²) in [6.07, 6.45) is -0.380. The highest BCUT2D eigenvalue weighted by molar-refractivity contribution is 5.55. The molecule has 0 unspecified atom stereocenters. The Labute approximate surface area is 116 Å². The first-order chi connectivity index (χ1) is 9.61. The summed E-state index contributed by atoms with van der Waals surface area (Å²) < 4.78 is 39.3. The molecule has 1 aromatic rings. The van der Waals surface area contributed by atoms with Gasteiger partial charge in [-0.25, -0.2) is 13.2 Å². The first kappa shape index (κ1) is 15.1. The maximum Gasteiger partial charge on any atom is 0.255 e. The summed E-state index contributed by atoms with van der Waals surface area (Å²) in [6.45, 7) is -0.445. The summed E-state index contributed by atoms with van der Waals surface area (Å²) in [6, 6.07) is 5.00. The molecule has 6 heteroatoms. The fourth-order valence-electron chi connectivity index (χ4n) is 2.18. The lowest BCUT2D eigenvalue weighted by atomic mass is 10.1. The van der Waals surface area contributed by atoms with Crippen LogP contribution in [0, 0.1) is 5.82 Å². The molecule has 0 bridgehead atoms. The number of alkyl halides is 2. The van der Waals surface area contributed by atoms with Crippen LogP contribution in [0.1, 0.15) is 18.4 Å². The fraction of sp³-hybridized carbons (Fsp3) is 0.571.